The molecular formula is C21H22ClN5O3. The maximum atomic E-state index is 6.02. The zero-order valence-corrected chi connectivity index (χ0v) is 17.3. The molecule has 0 radical (unpaired) electrons. The number of hydrogen-bond acceptors (Lipinski definition) is 6. The molecule has 156 valence electrons. The van der Waals surface area contributed by atoms with Gasteiger partial charge in [-0.1, -0.05) is 35.0 Å². The van der Waals surface area contributed by atoms with Crippen molar-refractivity contribution in [2.75, 3.05) is 19.9 Å². The number of hydrogen-bond donors (Lipinski definition) is 2. The quantitative estimate of drug-likeness (QED) is 0.440. The number of benzene rings is 2. The molecule has 4 rings (SSSR count). The van der Waals surface area contributed by atoms with E-state index >= 15 is 0 Å². The van der Waals surface area contributed by atoms with E-state index in [4.69, 9.17) is 25.6 Å². The fraction of sp³-hybridized carbons (Fsp3) is 0.286. The third-order valence-corrected chi connectivity index (χ3v) is 4.65. The highest BCUT2D eigenvalue weighted by atomic mass is 35.5. The van der Waals surface area contributed by atoms with E-state index < -0.39 is 0 Å². The van der Waals surface area contributed by atoms with Crippen LogP contribution in [0.25, 0.3) is 11.4 Å². The van der Waals surface area contributed by atoms with Crippen LogP contribution in [-0.4, -0.2) is 36.0 Å². The number of guanidine groups is 1. The summed E-state index contributed by atoms with van der Waals surface area (Å²) in [6.07, 6.45) is 0.820. The lowest BCUT2D eigenvalue weighted by Crippen LogP contribution is -2.38. The zero-order valence-electron chi connectivity index (χ0n) is 16.5. The topological polar surface area (TPSA) is 93.8 Å². The van der Waals surface area contributed by atoms with Crippen molar-refractivity contribution in [2.45, 2.75) is 19.9 Å². The Morgan fingerprint density at radius 1 is 1.13 bits per heavy atom. The molecule has 30 heavy (non-hydrogen) atoms. The molecule has 3 aromatic rings. The van der Waals surface area contributed by atoms with Gasteiger partial charge in [-0.05, 0) is 43.2 Å². The van der Waals surface area contributed by atoms with Crippen LogP contribution < -0.4 is 20.1 Å². The van der Waals surface area contributed by atoms with Crippen molar-refractivity contribution in [3.8, 4) is 22.9 Å². The van der Waals surface area contributed by atoms with E-state index in [1.807, 2.05) is 37.3 Å². The molecule has 0 unspecified atom stereocenters. The number of nitrogens with one attached hydrogen (secondary N) is 2. The van der Waals surface area contributed by atoms with Crippen LogP contribution in [0.4, 0.5) is 0 Å². The minimum atomic E-state index is 0.271. The van der Waals surface area contributed by atoms with Crippen LogP contribution in [-0.2, 0) is 13.0 Å². The lowest BCUT2D eigenvalue weighted by Gasteiger charge is -2.11. The van der Waals surface area contributed by atoms with E-state index in [1.165, 1.54) is 0 Å². The van der Waals surface area contributed by atoms with Crippen molar-refractivity contribution in [1.29, 1.82) is 0 Å². The summed E-state index contributed by atoms with van der Waals surface area (Å²) in [5, 5.41) is 11.2. The Balaban J connectivity index is 1.33. The molecule has 0 amide bonds. The monoisotopic (exact) mass is 427 g/mol. The second-order valence-electron chi connectivity index (χ2n) is 6.58. The van der Waals surface area contributed by atoms with Crippen LogP contribution in [0.15, 0.2) is 52.0 Å². The number of fused-ring (bicyclic) bond motifs is 1. The zero-order chi connectivity index (χ0) is 20.8. The van der Waals surface area contributed by atoms with Crippen LogP contribution in [0.1, 0.15) is 18.4 Å². The van der Waals surface area contributed by atoms with Gasteiger partial charge in [0, 0.05) is 23.7 Å². The van der Waals surface area contributed by atoms with E-state index in [0.29, 0.717) is 29.2 Å². The van der Waals surface area contributed by atoms with Gasteiger partial charge in [0.1, 0.15) is 6.54 Å². The molecule has 0 atom stereocenters. The summed E-state index contributed by atoms with van der Waals surface area (Å²) >= 11 is 6.02. The van der Waals surface area contributed by atoms with Crippen LogP contribution in [0.3, 0.4) is 0 Å². The molecule has 2 heterocycles. The molecule has 1 aliphatic heterocycles. The third kappa shape index (κ3) is 5.01. The summed E-state index contributed by atoms with van der Waals surface area (Å²) < 4.78 is 16.1. The van der Waals surface area contributed by atoms with Gasteiger partial charge >= 0.3 is 0 Å². The predicted octanol–water partition coefficient (Wildman–Crippen LogP) is 3.42. The maximum absolute atomic E-state index is 6.02. The van der Waals surface area contributed by atoms with Gasteiger partial charge in [-0.3, -0.25) is 0 Å². The molecule has 2 N–H and O–H groups in total. The largest absolute Gasteiger partial charge is 0.454 e. The lowest BCUT2D eigenvalue weighted by atomic mass is 10.1. The Morgan fingerprint density at radius 2 is 2.03 bits per heavy atom. The van der Waals surface area contributed by atoms with Crippen LogP contribution in [0.5, 0.6) is 11.5 Å². The first kappa shape index (κ1) is 20.0. The second kappa shape index (κ2) is 9.49. The van der Waals surface area contributed by atoms with Gasteiger partial charge in [-0.2, -0.15) is 4.98 Å². The molecule has 2 aromatic carbocycles. The molecule has 9 heteroatoms. The minimum Gasteiger partial charge on any atom is -0.454 e. The highest BCUT2D eigenvalue weighted by molar-refractivity contribution is 6.30. The standard InChI is InChI=1S/C21H22ClN5O3/c1-2-23-21(24-9-8-14-6-7-17-18(10-14)29-13-28-17)25-12-19-26-20(27-30-19)15-4-3-5-16(22)11-15/h3-7,10-11H,2,8-9,12-13H2,1H3,(H2,23,24,25). The van der Waals surface area contributed by atoms with Crippen molar-refractivity contribution in [3.63, 3.8) is 0 Å². The summed E-state index contributed by atoms with van der Waals surface area (Å²) in [4.78, 5) is 8.91. The van der Waals surface area contributed by atoms with Crippen molar-refractivity contribution in [3.05, 3.63) is 58.9 Å². The van der Waals surface area contributed by atoms with E-state index in [1.54, 1.807) is 12.1 Å². The van der Waals surface area contributed by atoms with Crippen molar-refractivity contribution in [2.24, 2.45) is 4.99 Å². The first-order valence-electron chi connectivity index (χ1n) is 9.70. The number of ether oxygens (including phenoxy) is 2. The molecule has 8 nitrogen and oxygen atoms in total. The Labute approximate surface area is 179 Å². The summed E-state index contributed by atoms with van der Waals surface area (Å²) in [6, 6.07) is 13.3. The maximum Gasteiger partial charge on any atom is 0.248 e. The molecule has 0 aliphatic carbocycles. The van der Waals surface area contributed by atoms with Gasteiger partial charge in [0.15, 0.2) is 17.5 Å². The molecule has 0 spiro atoms. The Bertz CT molecular complexity index is 1040. The molecule has 1 aromatic heterocycles. The van der Waals surface area contributed by atoms with Crippen molar-refractivity contribution in [1.82, 2.24) is 20.8 Å². The van der Waals surface area contributed by atoms with E-state index in [0.717, 1.165) is 35.6 Å². The molecule has 1 aliphatic rings. The SMILES string of the molecule is CCNC(=NCc1nc(-c2cccc(Cl)c2)no1)NCCc1ccc2c(c1)OCO2. The molecule has 0 saturated carbocycles. The average molecular weight is 428 g/mol. The van der Waals surface area contributed by atoms with Gasteiger partial charge in [0.05, 0.1) is 0 Å². The summed E-state index contributed by atoms with van der Waals surface area (Å²) in [6.45, 7) is 4.02. The first-order valence-corrected chi connectivity index (χ1v) is 10.1. The number of nitrogens with zero attached hydrogens (tertiary/aromatic N) is 3. The summed E-state index contributed by atoms with van der Waals surface area (Å²) in [7, 11) is 0. The molecular weight excluding hydrogens is 406 g/mol. The number of aromatic nitrogens is 2. The third-order valence-electron chi connectivity index (χ3n) is 4.41. The van der Waals surface area contributed by atoms with Gasteiger partial charge < -0.3 is 24.6 Å². The molecule has 0 bridgehead atoms. The van der Waals surface area contributed by atoms with Crippen LogP contribution in [0.2, 0.25) is 5.02 Å². The van der Waals surface area contributed by atoms with Crippen LogP contribution >= 0.6 is 11.6 Å². The first-order chi connectivity index (χ1) is 14.7. The lowest BCUT2D eigenvalue weighted by molar-refractivity contribution is 0.174. The normalized spacial score (nSPS) is 12.8. The van der Waals surface area contributed by atoms with Gasteiger partial charge in [-0.15, -0.1) is 0 Å². The minimum absolute atomic E-state index is 0.271. The highest BCUT2D eigenvalue weighted by Crippen LogP contribution is 2.32. The Kier molecular flexibility index (Phi) is 6.34. The van der Waals surface area contributed by atoms with Gasteiger partial charge in [0.2, 0.25) is 18.5 Å². The predicted molar refractivity (Wildman–Crippen MR) is 114 cm³/mol. The fourth-order valence-electron chi connectivity index (χ4n) is 2.97. The van der Waals surface area contributed by atoms with Crippen molar-refractivity contribution >= 4 is 17.6 Å². The Morgan fingerprint density at radius 3 is 2.90 bits per heavy atom. The molecule has 0 fully saturated rings. The molecule has 0 saturated heterocycles. The summed E-state index contributed by atoms with van der Waals surface area (Å²) in [5.41, 5.74) is 1.96. The summed E-state index contributed by atoms with van der Waals surface area (Å²) in [5.74, 6) is 3.18. The average Bonchev–Trinajstić information content (AvgIpc) is 3.41. The van der Waals surface area contributed by atoms with E-state index in [-0.39, 0.29) is 13.3 Å². The Hall–Kier alpha value is -3.26. The number of aliphatic imine (C=N–C) groups is 1. The van der Waals surface area contributed by atoms with Crippen LogP contribution in [0, 0.1) is 0 Å². The van der Waals surface area contributed by atoms with Crippen molar-refractivity contribution < 1.29 is 14.0 Å². The fourth-order valence-corrected chi connectivity index (χ4v) is 3.16. The smallest absolute Gasteiger partial charge is 0.248 e. The van der Waals surface area contributed by atoms with E-state index in [9.17, 15) is 0 Å². The number of halogens is 1. The van der Waals surface area contributed by atoms with E-state index in [2.05, 4.69) is 25.8 Å². The second-order valence-corrected chi connectivity index (χ2v) is 7.02. The number of rotatable bonds is 7. The van der Waals surface area contributed by atoms with Gasteiger partial charge in [-0.25, -0.2) is 4.99 Å². The highest BCUT2D eigenvalue weighted by Gasteiger charge is 2.13. The van der Waals surface area contributed by atoms with Gasteiger partial charge in [0.25, 0.3) is 0 Å².